The number of rotatable bonds is 2. The van der Waals surface area contributed by atoms with Gasteiger partial charge in [0.2, 0.25) is 11.8 Å². The number of hydrogen-bond donors (Lipinski definition) is 2. The first-order valence-corrected chi connectivity index (χ1v) is 6.85. The molecule has 108 valence electrons. The van der Waals surface area contributed by atoms with Gasteiger partial charge in [0.25, 0.3) is 5.91 Å². The highest BCUT2D eigenvalue weighted by Crippen LogP contribution is 2.30. The third kappa shape index (κ3) is 2.56. The van der Waals surface area contributed by atoms with Gasteiger partial charge in [-0.25, -0.2) is 0 Å². The highest BCUT2D eigenvalue weighted by molar-refractivity contribution is 6.07. The quantitative estimate of drug-likeness (QED) is 0.790. The standard InChI is InChI=1S/C15H15N3O3/c1-8-7-9-3-2-4-10(13(9)16-8)14(20)17-11-5-6-12(19)18-15(11)21/h2-4,11H,5-7H2,1H3,(H,17,20)(H,18,19,21). The lowest BCUT2D eigenvalue weighted by molar-refractivity contribution is -0.134. The Morgan fingerprint density at radius 3 is 2.95 bits per heavy atom. The van der Waals surface area contributed by atoms with E-state index in [0.29, 0.717) is 17.7 Å². The molecule has 0 saturated carbocycles. The van der Waals surface area contributed by atoms with Crippen LogP contribution in [-0.2, 0) is 16.0 Å². The van der Waals surface area contributed by atoms with E-state index in [2.05, 4.69) is 15.6 Å². The van der Waals surface area contributed by atoms with Crippen LogP contribution in [0.2, 0.25) is 0 Å². The van der Waals surface area contributed by atoms with Gasteiger partial charge in [-0.15, -0.1) is 0 Å². The topological polar surface area (TPSA) is 87.6 Å². The predicted octanol–water partition coefficient (Wildman–Crippen LogP) is 0.870. The Morgan fingerprint density at radius 1 is 1.38 bits per heavy atom. The SMILES string of the molecule is CC1=Nc2c(cccc2C(=O)NC2CCC(=O)NC2=O)C1. The lowest BCUT2D eigenvalue weighted by atomic mass is 10.0. The average Bonchev–Trinajstić information content (AvgIpc) is 2.81. The van der Waals surface area contributed by atoms with Crippen molar-refractivity contribution in [1.29, 1.82) is 0 Å². The summed E-state index contributed by atoms with van der Waals surface area (Å²) in [5, 5.41) is 4.90. The van der Waals surface area contributed by atoms with Crippen molar-refractivity contribution in [2.45, 2.75) is 32.2 Å². The van der Waals surface area contributed by atoms with E-state index >= 15 is 0 Å². The summed E-state index contributed by atoms with van der Waals surface area (Å²) < 4.78 is 0. The van der Waals surface area contributed by atoms with Gasteiger partial charge in [-0.3, -0.25) is 24.7 Å². The number of amides is 3. The van der Waals surface area contributed by atoms with Gasteiger partial charge in [-0.05, 0) is 25.0 Å². The second-order valence-electron chi connectivity index (χ2n) is 5.31. The van der Waals surface area contributed by atoms with Crippen LogP contribution in [-0.4, -0.2) is 29.5 Å². The fourth-order valence-electron chi connectivity index (χ4n) is 2.62. The van der Waals surface area contributed by atoms with Crippen LogP contribution in [0.25, 0.3) is 0 Å². The van der Waals surface area contributed by atoms with Crippen molar-refractivity contribution in [1.82, 2.24) is 10.6 Å². The van der Waals surface area contributed by atoms with Gasteiger partial charge in [0.05, 0.1) is 11.3 Å². The molecule has 1 saturated heterocycles. The maximum absolute atomic E-state index is 12.4. The van der Waals surface area contributed by atoms with Crippen molar-refractivity contribution in [2.75, 3.05) is 0 Å². The molecule has 2 aliphatic rings. The molecule has 1 unspecified atom stereocenters. The largest absolute Gasteiger partial charge is 0.340 e. The maximum atomic E-state index is 12.4. The molecule has 6 nitrogen and oxygen atoms in total. The molecule has 2 N–H and O–H groups in total. The summed E-state index contributed by atoms with van der Waals surface area (Å²) in [6.07, 6.45) is 1.31. The molecule has 0 radical (unpaired) electrons. The van der Waals surface area contributed by atoms with Crippen LogP contribution in [0.1, 0.15) is 35.7 Å². The third-order valence-corrected chi connectivity index (χ3v) is 3.66. The molecule has 1 atom stereocenters. The molecule has 3 amide bonds. The molecule has 1 aromatic rings. The van der Waals surface area contributed by atoms with E-state index in [4.69, 9.17) is 0 Å². The van der Waals surface area contributed by atoms with Gasteiger partial charge >= 0.3 is 0 Å². The van der Waals surface area contributed by atoms with E-state index in [1.165, 1.54) is 0 Å². The van der Waals surface area contributed by atoms with Crippen molar-refractivity contribution < 1.29 is 14.4 Å². The zero-order chi connectivity index (χ0) is 15.0. The highest BCUT2D eigenvalue weighted by Gasteiger charge is 2.29. The Labute approximate surface area is 121 Å². The second kappa shape index (κ2) is 5.12. The maximum Gasteiger partial charge on any atom is 0.254 e. The molecule has 0 bridgehead atoms. The summed E-state index contributed by atoms with van der Waals surface area (Å²) in [4.78, 5) is 39.5. The smallest absolute Gasteiger partial charge is 0.254 e. The zero-order valence-corrected chi connectivity index (χ0v) is 11.6. The Balaban J connectivity index is 1.80. The minimum Gasteiger partial charge on any atom is -0.340 e. The zero-order valence-electron chi connectivity index (χ0n) is 11.6. The van der Waals surface area contributed by atoms with Crippen molar-refractivity contribution in [3.05, 3.63) is 29.3 Å². The minimum absolute atomic E-state index is 0.237. The lowest BCUT2D eigenvalue weighted by Gasteiger charge is -2.22. The lowest BCUT2D eigenvalue weighted by Crippen LogP contribution is -2.52. The van der Waals surface area contributed by atoms with Crippen LogP contribution in [0.15, 0.2) is 23.2 Å². The number of aliphatic imine (C=N–C) groups is 1. The molecule has 21 heavy (non-hydrogen) atoms. The molecule has 2 aliphatic heterocycles. The van der Waals surface area contributed by atoms with Gasteiger partial charge < -0.3 is 5.32 Å². The summed E-state index contributed by atoms with van der Waals surface area (Å²) in [6, 6.07) is 4.78. The van der Waals surface area contributed by atoms with Crippen LogP contribution in [0.3, 0.4) is 0 Å². The number of para-hydroxylation sites is 1. The van der Waals surface area contributed by atoms with Crippen molar-refractivity contribution >= 4 is 29.1 Å². The molecule has 0 aromatic heterocycles. The normalized spacial score (nSPS) is 20.6. The Bertz CT molecular complexity index is 679. The second-order valence-corrected chi connectivity index (χ2v) is 5.31. The molecule has 2 heterocycles. The first-order chi connectivity index (χ1) is 10.0. The van der Waals surface area contributed by atoms with Crippen LogP contribution in [0.5, 0.6) is 0 Å². The van der Waals surface area contributed by atoms with Gasteiger partial charge in [-0.2, -0.15) is 0 Å². The summed E-state index contributed by atoms with van der Waals surface area (Å²) in [6.45, 7) is 1.92. The van der Waals surface area contributed by atoms with Gasteiger partial charge in [0.1, 0.15) is 6.04 Å². The van der Waals surface area contributed by atoms with Crippen LogP contribution < -0.4 is 10.6 Å². The van der Waals surface area contributed by atoms with Gasteiger partial charge in [0.15, 0.2) is 0 Å². The number of carbonyl (C=O) groups is 3. The molecule has 6 heteroatoms. The summed E-state index contributed by atoms with van der Waals surface area (Å²) in [5.41, 5.74) is 3.13. The number of hydrogen-bond acceptors (Lipinski definition) is 4. The number of benzene rings is 1. The summed E-state index contributed by atoms with van der Waals surface area (Å²) in [7, 11) is 0. The van der Waals surface area contributed by atoms with Crippen molar-refractivity contribution in [3.8, 4) is 0 Å². The molecule has 0 aliphatic carbocycles. The van der Waals surface area contributed by atoms with Gasteiger partial charge in [-0.1, -0.05) is 12.1 Å². The van der Waals surface area contributed by atoms with E-state index in [0.717, 1.165) is 17.7 Å². The van der Waals surface area contributed by atoms with Crippen molar-refractivity contribution in [2.24, 2.45) is 4.99 Å². The van der Waals surface area contributed by atoms with E-state index in [-0.39, 0.29) is 18.2 Å². The summed E-state index contributed by atoms with van der Waals surface area (Å²) in [5.74, 6) is -1.09. The van der Waals surface area contributed by atoms with E-state index < -0.39 is 11.9 Å². The van der Waals surface area contributed by atoms with Crippen LogP contribution in [0.4, 0.5) is 5.69 Å². The number of imide groups is 1. The molecule has 1 aromatic carbocycles. The fourth-order valence-corrected chi connectivity index (χ4v) is 2.62. The van der Waals surface area contributed by atoms with Crippen LogP contribution >= 0.6 is 0 Å². The molecular weight excluding hydrogens is 270 g/mol. The van der Waals surface area contributed by atoms with Crippen molar-refractivity contribution in [3.63, 3.8) is 0 Å². The van der Waals surface area contributed by atoms with E-state index in [1.807, 2.05) is 19.1 Å². The first kappa shape index (κ1) is 13.5. The summed E-state index contributed by atoms with van der Waals surface area (Å²) >= 11 is 0. The predicted molar refractivity (Wildman–Crippen MR) is 76.6 cm³/mol. The van der Waals surface area contributed by atoms with E-state index in [1.54, 1.807) is 6.07 Å². The molecule has 1 fully saturated rings. The minimum atomic E-state index is -0.669. The monoisotopic (exact) mass is 285 g/mol. The number of piperidine rings is 1. The van der Waals surface area contributed by atoms with E-state index in [9.17, 15) is 14.4 Å². The molecule has 0 spiro atoms. The van der Waals surface area contributed by atoms with Gasteiger partial charge in [0, 0.05) is 18.6 Å². The van der Waals surface area contributed by atoms with Crippen LogP contribution in [0, 0.1) is 0 Å². The Morgan fingerprint density at radius 2 is 2.19 bits per heavy atom. The third-order valence-electron chi connectivity index (χ3n) is 3.66. The number of nitrogens with zero attached hydrogens (tertiary/aromatic N) is 1. The Kier molecular flexibility index (Phi) is 3.29. The first-order valence-electron chi connectivity index (χ1n) is 6.85. The number of fused-ring (bicyclic) bond motifs is 1. The molecular formula is C15H15N3O3. The fraction of sp³-hybridized carbons (Fsp3) is 0.333. The highest BCUT2D eigenvalue weighted by atomic mass is 16.2. The molecule has 3 rings (SSSR count). The number of carbonyl (C=O) groups excluding carboxylic acids is 3. The number of nitrogens with one attached hydrogen (secondary N) is 2. The average molecular weight is 285 g/mol. The Hall–Kier alpha value is -2.50.